The van der Waals surface area contributed by atoms with Gasteiger partial charge >= 0.3 is 0 Å². The Balaban J connectivity index is 1.49. The zero-order chi connectivity index (χ0) is 24.6. The van der Waals surface area contributed by atoms with Gasteiger partial charge in [0.25, 0.3) is 0 Å². The molecular weight excluding hydrogens is 466 g/mol. The van der Waals surface area contributed by atoms with Crippen molar-refractivity contribution in [1.29, 1.82) is 0 Å². The Morgan fingerprint density at radius 2 is 1.83 bits per heavy atom. The van der Waals surface area contributed by atoms with E-state index in [2.05, 4.69) is 15.4 Å². The summed E-state index contributed by atoms with van der Waals surface area (Å²) in [6, 6.07) is 13.8. The number of hydrogen-bond acceptors (Lipinski definition) is 6. The average molecular weight is 500 g/mol. The fourth-order valence-electron chi connectivity index (χ4n) is 4.79. The first-order valence-corrected chi connectivity index (χ1v) is 13.8. The van der Waals surface area contributed by atoms with E-state index in [1.54, 1.807) is 12.1 Å². The number of nitrogens with zero attached hydrogens (tertiary/aromatic N) is 1. The van der Waals surface area contributed by atoms with Crippen LogP contribution in [0.4, 0.5) is 11.4 Å². The summed E-state index contributed by atoms with van der Waals surface area (Å²) >= 11 is 0. The van der Waals surface area contributed by atoms with Crippen molar-refractivity contribution in [3.8, 4) is 17.0 Å². The summed E-state index contributed by atoms with van der Waals surface area (Å²) in [7, 11) is -3.39. The molecule has 2 fully saturated rings. The van der Waals surface area contributed by atoms with Crippen LogP contribution >= 0.6 is 0 Å². The van der Waals surface area contributed by atoms with Gasteiger partial charge in [-0.15, -0.1) is 0 Å². The van der Waals surface area contributed by atoms with Crippen LogP contribution in [0.1, 0.15) is 39.2 Å². The average Bonchev–Trinajstić information content (AvgIpc) is 3.04. The van der Waals surface area contributed by atoms with E-state index in [-0.39, 0.29) is 17.8 Å². The summed E-state index contributed by atoms with van der Waals surface area (Å²) in [5, 5.41) is 0.983. The molecule has 0 spiro atoms. The molecule has 2 aromatic carbocycles. The van der Waals surface area contributed by atoms with Crippen molar-refractivity contribution in [2.75, 3.05) is 36.2 Å². The predicted molar refractivity (Wildman–Crippen MR) is 138 cm³/mol. The van der Waals surface area contributed by atoms with Gasteiger partial charge in [0, 0.05) is 28.7 Å². The minimum absolute atomic E-state index is 0.0526. The second-order valence-corrected chi connectivity index (χ2v) is 11.6. The van der Waals surface area contributed by atoms with Crippen LogP contribution in [0.3, 0.4) is 0 Å². The summed E-state index contributed by atoms with van der Waals surface area (Å²) in [6.07, 6.45) is 3.24. The number of sulfonamides is 1. The van der Waals surface area contributed by atoms with Gasteiger partial charge in [-0.05, 0) is 49.4 Å². The van der Waals surface area contributed by atoms with Crippen LogP contribution in [-0.4, -0.2) is 44.8 Å². The normalized spacial score (nSPS) is 17.6. The molecular formula is C26H33N3O5S. The molecule has 3 N–H and O–H groups in total. The summed E-state index contributed by atoms with van der Waals surface area (Å²) in [6.45, 7) is 5.08. The Kier molecular flexibility index (Phi) is 6.65. The maximum Gasteiger partial charge on any atom is 0.232 e. The highest BCUT2D eigenvalue weighted by molar-refractivity contribution is 7.92. The molecule has 0 amide bonds. The third-order valence-electron chi connectivity index (χ3n) is 6.52. The molecule has 1 saturated heterocycles. The summed E-state index contributed by atoms with van der Waals surface area (Å²) in [5.41, 5.74) is 10.9. The Morgan fingerprint density at radius 1 is 1.11 bits per heavy atom. The van der Waals surface area contributed by atoms with E-state index in [4.69, 9.17) is 19.9 Å². The van der Waals surface area contributed by atoms with Gasteiger partial charge in [0.15, 0.2) is 0 Å². The summed E-state index contributed by atoms with van der Waals surface area (Å²) in [5.74, 6) is 0.897. The molecule has 8 nitrogen and oxygen atoms in total. The molecule has 5 rings (SSSR count). The minimum atomic E-state index is -3.39. The van der Waals surface area contributed by atoms with Crippen LogP contribution in [0, 0.1) is 5.92 Å². The van der Waals surface area contributed by atoms with Gasteiger partial charge in [-0.1, -0.05) is 26.0 Å². The lowest BCUT2D eigenvalue weighted by Gasteiger charge is -2.30. The van der Waals surface area contributed by atoms with Crippen LogP contribution in [0.2, 0.25) is 0 Å². The number of aromatic nitrogens is 1. The van der Waals surface area contributed by atoms with Gasteiger partial charge in [0.2, 0.25) is 10.0 Å². The van der Waals surface area contributed by atoms with Gasteiger partial charge in [-0.2, -0.15) is 0 Å². The quantitative estimate of drug-likeness (QED) is 0.463. The van der Waals surface area contributed by atoms with Crippen molar-refractivity contribution in [2.24, 2.45) is 5.92 Å². The molecule has 0 unspecified atom stereocenters. The number of rotatable bonds is 8. The Bertz CT molecular complexity index is 1290. The van der Waals surface area contributed by atoms with Crippen molar-refractivity contribution in [1.82, 2.24) is 4.57 Å². The topological polar surface area (TPSA) is 105 Å². The lowest BCUT2D eigenvalue weighted by Crippen LogP contribution is -2.33. The standard InChI is InChI=1S/C26H33N3O5S/c1-17(2)15-35(30,31)28-19-8-6-18(7-9-19)26-25(27)23-11-10-21(34-22-13-32-16-33-14-22)12-24(23)29(26)20-4-3-5-20/h6-12,17,20,22,28H,3-5,13-16,27H2,1-2H3. The number of hydrogen-bond donors (Lipinski definition) is 2. The molecule has 35 heavy (non-hydrogen) atoms. The molecule has 2 heterocycles. The van der Waals surface area contributed by atoms with Gasteiger partial charge in [-0.3, -0.25) is 4.72 Å². The predicted octanol–water partition coefficient (Wildman–Crippen LogP) is 4.76. The maximum absolute atomic E-state index is 12.3. The summed E-state index contributed by atoms with van der Waals surface area (Å²) in [4.78, 5) is 0. The van der Waals surface area contributed by atoms with Crippen molar-refractivity contribution < 1.29 is 22.6 Å². The first-order valence-electron chi connectivity index (χ1n) is 12.2. The smallest absolute Gasteiger partial charge is 0.232 e. The van der Waals surface area contributed by atoms with E-state index in [0.29, 0.717) is 31.7 Å². The monoisotopic (exact) mass is 499 g/mol. The number of anilines is 2. The number of nitrogens with two attached hydrogens (primary N) is 1. The Labute approximate surface area is 206 Å². The molecule has 9 heteroatoms. The molecule has 1 aliphatic heterocycles. The number of ether oxygens (including phenoxy) is 3. The second kappa shape index (κ2) is 9.72. The van der Waals surface area contributed by atoms with E-state index in [1.165, 1.54) is 6.42 Å². The first kappa shape index (κ1) is 24.0. The SMILES string of the molecule is CC(C)CS(=O)(=O)Nc1ccc(-c2c(N)c3ccc(OC4COCOC4)cc3n2C2CCC2)cc1. The summed E-state index contributed by atoms with van der Waals surface area (Å²) < 4.78 is 46.5. The molecule has 0 radical (unpaired) electrons. The Hall–Kier alpha value is -2.75. The fourth-order valence-corrected chi connectivity index (χ4v) is 6.25. The molecule has 3 aromatic rings. The first-order chi connectivity index (χ1) is 16.8. The van der Waals surface area contributed by atoms with Crippen LogP contribution in [0.15, 0.2) is 42.5 Å². The van der Waals surface area contributed by atoms with Crippen LogP contribution in [-0.2, 0) is 19.5 Å². The highest BCUT2D eigenvalue weighted by Gasteiger charge is 2.27. The second-order valence-electron chi connectivity index (χ2n) is 9.85. The molecule has 1 saturated carbocycles. The number of fused-ring (bicyclic) bond motifs is 1. The Morgan fingerprint density at radius 3 is 2.46 bits per heavy atom. The number of nitrogen functional groups attached to an aromatic ring is 1. The van der Waals surface area contributed by atoms with E-state index in [0.717, 1.165) is 46.4 Å². The largest absolute Gasteiger partial charge is 0.486 e. The molecule has 1 aromatic heterocycles. The zero-order valence-corrected chi connectivity index (χ0v) is 21.0. The van der Waals surface area contributed by atoms with Gasteiger partial charge in [0.05, 0.1) is 35.9 Å². The van der Waals surface area contributed by atoms with E-state index >= 15 is 0 Å². The molecule has 188 valence electrons. The maximum atomic E-state index is 12.3. The molecule has 0 atom stereocenters. The molecule has 1 aliphatic carbocycles. The third-order valence-corrected chi connectivity index (χ3v) is 8.17. The van der Waals surface area contributed by atoms with Gasteiger partial charge in [-0.25, -0.2) is 8.42 Å². The van der Waals surface area contributed by atoms with Crippen LogP contribution in [0.25, 0.3) is 22.2 Å². The number of nitrogens with one attached hydrogen (secondary N) is 1. The van der Waals surface area contributed by atoms with Crippen LogP contribution < -0.4 is 15.2 Å². The number of benzene rings is 2. The lowest BCUT2D eigenvalue weighted by molar-refractivity contribution is -0.143. The van der Waals surface area contributed by atoms with Gasteiger partial charge in [0.1, 0.15) is 18.6 Å². The van der Waals surface area contributed by atoms with Crippen LogP contribution in [0.5, 0.6) is 5.75 Å². The third kappa shape index (κ3) is 5.12. The van der Waals surface area contributed by atoms with Gasteiger partial charge < -0.3 is 24.5 Å². The zero-order valence-electron chi connectivity index (χ0n) is 20.2. The van der Waals surface area contributed by atoms with E-state index in [9.17, 15) is 8.42 Å². The highest BCUT2D eigenvalue weighted by atomic mass is 32.2. The van der Waals surface area contributed by atoms with E-state index < -0.39 is 10.0 Å². The lowest BCUT2D eigenvalue weighted by atomic mass is 9.92. The van der Waals surface area contributed by atoms with Crippen molar-refractivity contribution in [3.63, 3.8) is 0 Å². The minimum Gasteiger partial charge on any atom is -0.486 e. The fraction of sp³-hybridized carbons (Fsp3) is 0.462. The van der Waals surface area contributed by atoms with Crippen molar-refractivity contribution in [3.05, 3.63) is 42.5 Å². The van der Waals surface area contributed by atoms with E-state index in [1.807, 2.05) is 38.1 Å². The van der Waals surface area contributed by atoms with Crippen molar-refractivity contribution in [2.45, 2.75) is 45.3 Å². The molecule has 2 aliphatic rings. The molecule has 0 bridgehead atoms. The highest BCUT2D eigenvalue weighted by Crippen LogP contribution is 2.45. The van der Waals surface area contributed by atoms with Crippen molar-refractivity contribution >= 4 is 32.3 Å².